The van der Waals surface area contributed by atoms with Gasteiger partial charge in [-0.2, -0.15) is 0 Å². The maximum Gasteiger partial charge on any atom is 0.310 e. The molecular weight excluding hydrogens is 338 g/mol. The molecule has 140 valence electrons. The van der Waals surface area contributed by atoms with Gasteiger partial charge in [-0.25, -0.2) is 0 Å². The topological polar surface area (TPSA) is 57.6 Å². The van der Waals surface area contributed by atoms with Crippen LogP contribution in [0, 0.1) is 5.92 Å². The summed E-state index contributed by atoms with van der Waals surface area (Å²) in [5.41, 5.74) is 4.77. The average molecular weight is 363 g/mol. The summed E-state index contributed by atoms with van der Waals surface area (Å²) in [6, 6.07) is 13.6. The lowest BCUT2D eigenvalue weighted by molar-refractivity contribution is -0.138. The van der Waals surface area contributed by atoms with Gasteiger partial charge in [0.1, 0.15) is 0 Å². The number of aliphatic carboxylic acids is 1. The summed E-state index contributed by atoms with van der Waals surface area (Å²) >= 11 is 0. The van der Waals surface area contributed by atoms with Crippen LogP contribution >= 0.6 is 0 Å². The molecule has 4 nitrogen and oxygen atoms in total. The van der Waals surface area contributed by atoms with Crippen LogP contribution in [0.1, 0.15) is 65.6 Å². The molecule has 1 unspecified atom stereocenters. The molecule has 1 atom stereocenters. The van der Waals surface area contributed by atoms with Crippen molar-refractivity contribution in [1.29, 1.82) is 0 Å². The zero-order valence-electron chi connectivity index (χ0n) is 15.6. The summed E-state index contributed by atoms with van der Waals surface area (Å²) in [5, 5.41) is 9.14. The van der Waals surface area contributed by atoms with Gasteiger partial charge in [-0.15, -0.1) is 0 Å². The lowest BCUT2D eigenvalue weighted by Crippen LogP contribution is -2.23. The molecule has 1 fully saturated rings. The zero-order valence-corrected chi connectivity index (χ0v) is 15.6. The Bertz CT molecular complexity index is 866. The van der Waals surface area contributed by atoms with Crippen molar-refractivity contribution in [3.8, 4) is 0 Å². The number of carboxylic acids is 1. The zero-order chi connectivity index (χ0) is 19.0. The third-order valence-electron chi connectivity index (χ3n) is 6.05. The summed E-state index contributed by atoms with van der Waals surface area (Å²) in [7, 11) is 0. The standard InChI is InChI=1S/C23H25NO3/c1-15(23(26)27)18-7-9-20(10-8-18)24-14-19-13-17(6-11-21(19)22(24)25)12-16-4-2-3-5-16/h6-11,13,15-16H,2-5,12,14H2,1H3,(H,26,27). The molecule has 2 aromatic carbocycles. The highest BCUT2D eigenvalue weighted by Crippen LogP contribution is 2.32. The van der Waals surface area contributed by atoms with Crippen molar-refractivity contribution in [3.63, 3.8) is 0 Å². The van der Waals surface area contributed by atoms with E-state index in [2.05, 4.69) is 12.1 Å². The molecule has 0 spiro atoms. The molecule has 2 aliphatic rings. The molecule has 1 aliphatic carbocycles. The Morgan fingerprint density at radius 2 is 1.85 bits per heavy atom. The van der Waals surface area contributed by atoms with E-state index >= 15 is 0 Å². The summed E-state index contributed by atoms with van der Waals surface area (Å²) < 4.78 is 0. The summed E-state index contributed by atoms with van der Waals surface area (Å²) in [5.74, 6) is -0.581. The fourth-order valence-corrected chi connectivity index (χ4v) is 4.34. The van der Waals surface area contributed by atoms with Crippen LogP contribution < -0.4 is 4.90 Å². The highest BCUT2D eigenvalue weighted by atomic mass is 16.4. The van der Waals surface area contributed by atoms with Crippen molar-refractivity contribution in [2.24, 2.45) is 5.92 Å². The Hall–Kier alpha value is -2.62. The SMILES string of the molecule is CC(C(=O)O)c1ccc(N2Cc3cc(CC4CCCC4)ccc3C2=O)cc1. The predicted octanol–water partition coefficient (Wildman–Crippen LogP) is 4.77. The highest BCUT2D eigenvalue weighted by molar-refractivity contribution is 6.10. The molecular formula is C23H25NO3. The molecule has 1 amide bonds. The van der Waals surface area contributed by atoms with Gasteiger partial charge in [0, 0.05) is 11.3 Å². The molecule has 1 heterocycles. The van der Waals surface area contributed by atoms with E-state index in [1.165, 1.54) is 31.2 Å². The largest absolute Gasteiger partial charge is 0.481 e. The Morgan fingerprint density at radius 1 is 1.15 bits per heavy atom. The number of carbonyl (C=O) groups is 2. The van der Waals surface area contributed by atoms with Crippen molar-refractivity contribution < 1.29 is 14.7 Å². The van der Waals surface area contributed by atoms with E-state index < -0.39 is 11.9 Å². The Kier molecular flexibility index (Phi) is 4.73. The molecule has 0 saturated heterocycles. The number of carboxylic acid groups (broad SMARTS) is 1. The second-order valence-corrected chi connectivity index (χ2v) is 7.89. The van der Waals surface area contributed by atoms with Crippen LogP contribution in [0.4, 0.5) is 5.69 Å². The Labute approximate surface area is 159 Å². The van der Waals surface area contributed by atoms with Crippen LogP contribution in [0.2, 0.25) is 0 Å². The smallest absolute Gasteiger partial charge is 0.310 e. The number of nitrogens with zero attached hydrogens (tertiary/aromatic N) is 1. The maximum atomic E-state index is 12.8. The Morgan fingerprint density at radius 3 is 2.52 bits per heavy atom. The van der Waals surface area contributed by atoms with Crippen molar-refractivity contribution in [2.75, 3.05) is 4.90 Å². The number of fused-ring (bicyclic) bond motifs is 1. The molecule has 1 saturated carbocycles. The monoisotopic (exact) mass is 363 g/mol. The fourth-order valence-electron chi connectivity index (χ4n) is 4.34. The van der Waals surface area contributed by atoms with Gasteiger partial charge in [0.05, 0.1) is 12.5 Å². The number of hydrogen-bond acceptors (Lipinski definition) is 2. The first-order valence-corrected chi connectivity index (χ1v) is 9.79. The molecule has 4 rings (SSSR count). The normalized spacial score (nSPS) is 18.0. The molecule has 1 aliphatic heterocycles. The van der Waals surface area contributed by atoms with E-state index in [0.717, 1.165) is 34.7 Å². The Balaban J connectivity index is 1.51. The first kappa shape index (κ1) is 17.8. The summed E-state index contributed by atoms with van der Waals surface area (Å²) in [4.78, 5) is 25.7. The van der Waals surface area contributed by atoms with Gasteiger partial charge in [-0.1, -0.05) is 49.9 Å². The minimum atomic E-state index is -0.845. The molecule has 27 heavy (non-hydrogen) atoms. The van der Waals surface area contributed by atoms with E-state index in [1.807, 2.05) is 18.2 Å². The molecule has 4 heteroatoms. The van der Waals surface area contributed by atoms with Crippen LogP contribution in [0.5, 0.6) is 0 Å². The predicted molar refractivity (Wildman–Crippen MR) is 105 cm³/mol. The van der Waals surface area contributed by atoms with Gasteiger partial charge in [-0.3, -0.25) is 9.59 Å². The minimum absolute atomic E-state index is 0.0245. The number of benzene rings is 2. The summed E-state index contributed by atoms with van der Waals surface area (Å²) in [6.45, 7) is 2.25. The van der Waals surface area contributed by atoms with Crippen molar-refractivity contribution >= 4 is 17.6 Å². The van der Waals surface area contributed by atoms with Crippen molar-refractivity contribution in [2.45, 2.75) is 51.5 Å². The highest BCUT2D eigenvalue weighted by Gasteiger charge is 2.29. The third-order valence-corrected chi connectivity index (χ3v) is 6.05. The second kappa shape index (κ2) is 7.18. The lowest BCUT2D eigenvalue weighted by atomic mass is 9.95. The first-order chi connectivity index (χ1) is 13.0. The van der Waals surface area contributed by atoms with E-state index in [0.29, 0.717) is 6.54 Å². The number of anilines is 1. The third kappa shape index (κ3) is 3.48. The quantitative estimate of drug-likeness (QED) is 0.833. The number of amides is 1. The van der Waals surface area contributed by atoms with Crippen LogP contribution in [-0.4, -0.2) is 17.0 Å². The first-order valence-electron chi connectivity index (χ1n) is 9.79. The molecule has 2 aromatic rings. The van der Waals surface area contributed by atoms with Gasteiger partial charge >= 0.3 is 5.97 Å². The second-order valence-electron chi connectivity index (χ2n) is 7.89. The van der Waals surface area contributed by atoms with E-state index in [9.17, 15) is 9.59 Å². The van der Waals surface area contributed by atoms with Crippen LogP contribution in [0.25, 0.3) is 0 Å². The van der Waals surface area contributed by atoms with E-state index in [4.69, 9.17) is 5.11 Å². The van der Waals surface area contributed by atoms with Crippen LogP contribution in [0.3, 0.4) is 0 Å². The minimum Gasteiger partial charge on any atom is -0.481 e. The maximum absolute atomic E-state index is 12.8. The van der Waals surface area contributed by atoms with E-state index in [-0.39, 0.29) is 5.91 Å². The van der Waals surface area contributed by atoms with Crippen LogP contribution in [0.15, 0.2) is 42.5 Å². The molecule has 1 N–H and O–H groups in total. The lowest BCUT2D eigenvalue weighted by Gasteiger charge is -2.17. The van der Waals surface area contributed by atoms with Gasteiger partial charge in [-0.05, 0) is 54.2 Å². The van der Waals surface area contributed by atoms with Crippen molar-refractivity contribution in [1.82, 2.24) is 0 Å². The van der Waals surface area contributed by atoms with Gasteiger partial charge in [0.2, 0.25) is 0 Å². The number of rotatable bonds is 5. The number of carbonyl (C=O) groups excluding carboxylic acids is 1. The number of hydrogen-bond donors (Lipinski definition) is 1. The van der Waals surface area contributed by atoms with Crippen LogP contribution in [-0.2, 0) is 17.8 Å². The van der Waals surface area contributed by atoms with Crippen molar-refractivity contribution in [3.05, 3.63) is 64.7 Å². The molecule has 0 bridgehead atoms. The summed E-state index contributed by atoms with van der Waals surface area (Å²) in [6.07, 6.45) is 6.45. The van der Waals surface area contributed by atoms with Gasteiger partial charge in [0.15, 0.2) is 0 Å². The molecule has 0 aromatic heterocycles. The van der Waals surface area contributed by atoms with E-state index in [1.54, 1.807) is 24.0 Å². The van der Waals surface area contributed by atoms with Gasteiger partial charge in [0.25, 0.3) is 5.91 Å². The van der Waals surface area contributed by atoms with Gasteiger partial charge < -0.3 is 10.0 Å². The average Bonchev–Trinajstić information content (AvgIpc) is 3.29. The fraction of sp³-hybridized carbons (Fsp3) is 0.391. The molecule has 0 radical (unpaired) electrons.